The van der Waals surface area contributed by atoms with E-state index in [1.807, 2.05) is 6.92 Å². The molecule has 0 radical (unpaired) electrons. The van der Waals surface area contributed by atoms with Crippen molar-refractivity contribution in [3.8, 4) is 6.07 Å². The smallest absolute Gasteiger partial charge is 0.253 e. The zero-order valence-electron chi connectivity index (χ0n) is 10.3. The fourth-order valence-electron chi connectivity index (χ4n) is 1.44. The Labute approximate surface area is 119 Å². The monoisotopic (exact) mass is 312 g/mol. The van der Waals surface area contributed by atoms with Crippen molar-refractivity contribution in [3.05, 3.63) is 34.6 Å². The Bertz CT molecular complexity index is 780. The Morgan fingerprint density at radius 1 is 1.45 bits per heavy atom. The van der Waals surface area contributed by atoms with Gasteiger partial charge in [0, 0.05) is 0 Å². The number of hydrogen-bond acceptors (Lipinski definition) is 6. The number of nitrogens with one attached hydrogen (secondary N) is 1. The number of sulfonamides is 1. The topological polar surface area (TPSA) is 95.7 Å². The standard InChI is InChI=1S/C11H9FN4O2S2/c1-2-10-14-15-11(19-10)16-20(17,18)9-5-3-4-8(12)7(9)6-13/h3-5H,2H2,1H3,(H,15,16). The SMILES string of the molecule is CCc1nnc(NS(=O)(=O)c2cccc(F)c2C#N)s1. The van der Waals surface area contributed by atoms with Crippen molar-refractivity contribution >= 4 is 26.5 Å². The van der Waals surface area contributed by atoms with E-state index in [0.29, 0.717) is 11.4 Å². The number of nitriles is 1. The molecule has 0 atom stereocenters. The van der Waals surface area contributed by atoms with E-state index in [9.17, 15) is 12.8 Å². The average Bonchev–Trinajstić information content (AvgIpc) is 2.85. The van der Waals surface area contributed by atoms with E-state index in [4.69, 9.17) is 5.26 Å². The first-order valence-electron chi connectivity index (χ1n) is 5.51. The van der Waals surface area contributed by atoms with E-state index in [0.717, 1.165) is 23.5 Å². The Morgan fingerprint density at radius 3 is 2.80 bits per heavy atom. The highest BCUT2D eigenvalue weighted by molar-refractivity contribution is 7.93. The molecule has 104 valence electrons. The Hall–Kier alpha value is -2.05. The molecule has 6 nitrogen and oxygen atoms in total. The van der Waals surface area contributed by atoms with Gasteiger partial charge >= 0.3 is 0 Å². The van der Waals surface area contributed by atoms with Gasteiger partial charge in [-0.1, -0.05) is 24.3 Å². The third-order valence-electron chi connectivity index (χ3n) is 2.37. The summed E-state index contributed by atoms with van der Waals surface area (Å²) < 4.78 is 39.9. The van der Waals surface area contributed by atoms with Crippen molar-refractivity contribution in [2.75, 3.05) is 4.72 Å². The summed E-state index contributed by atoms with van der Waals surface area (Å²) >= 11 is 1.08. The molecule has 9 heteroatoms. The van der Waals surface area contributed by atoms with Crippen LogP contribution in [0.15, 0.2) is 23.1 Å². The lowest BCUT2D eigenvalue weighted by Gasteiger charge is -2.06. The third kappa shape index (κ3) is 2.76. The molecule has 0 aliphatic heterocycles. The van der Waals surface area contributed by atoms with Crippen LogP contribution in [0, 0.1) is 17.1 Å². The van der Waals surface area contributed by atoms with Gasteiger partial charge in [0.1, 0.15) is 27.4 Å². The van der Waals surface area contributed by atoms with E-state index in [1.165, 1.54) is 6.07 Å². The van der Waals surface area contributed by atoms with Crippen molar-refractivity contribution in [3.63, 3.8) is 0 Å². The van der Waals surface area contributed by atoms with E-state index >= 15 is 0 Å². The van der Waals surface area contributed by atoms with Crippen molar-refractivity contribution < 1.29 is 12.8 Å². The molecule has 1 N–H and O–H groups in total. The van der Waals surface area contributed by atoms with Crippen LogP contribution in [0.1, 0.15) is 17.5 Å². The molecule has 20 heavy (non-hydrogen) atoms. The summed E-state index contributed by atoms with van der Waals surface area (Å²) in [4.78, 5) is -0.423. The summed E-state index contributed by atoms with van der Waals surface area (Å²) in [6.07, 6.45) is 0.628. The van der Waals surface area contributed by atoms with Crippen LogP contribution in [-0.4, -0.2) is 18.6 Å². The Balaban J connectivity index is 2.41. The molecule has 0 aliphatic rings. The minimum atomic E-state index is -4.08. The van der Waals surface area contributed by atoms with Crippen molar-refractivity contribution in [1.29, 1.82) is 5.26 Å². The second-order valence-electron chi connectivity index (χ2n) is 3.68. The molecule has 2 aromatic rings. The summed E-state index contributed by atoms with van der Waals surface area (Å²) in [5.41, 5.74) is -0.528. The zero-order chi connectivity index (χ0) is 14.8. The maximum Gasteiger partial charge on any atom is 0.265 e. The quantitative estimate of drug-likeness (QED) is 0.930. The Kier molecular flexibility index (Phi) is 3.96. The van der Waals surface area contributed by atoms with Gasteiger partial charge in [-0.3, -0.25) is 4.72 Å². The molecule has 0 aliphatic carbocycles. The second-order valence-corrected chi connectivity index (χ2v) is 6.40. The first-order chi connectivity index (χ1) is 9.47. The van der Waals surface area contributed by atoms with Gasteiger partial charge in [0.2, 0.25) is 5.13 Å². The lowest BCUT2D eigenvalue weighted by Crippen LogP contribution is -2.15. The van der Waals surface area contributed by atoms with Gasteiger partial charge in [0.25, 0.3) is 10.0 Å². The van der Waals surface area contributed by atoms with E-state index in [1.54, 1.807) is 6.07 Å². The predicted molar refractivity (Wildman–Crippen MR) is 71.2 cm³/mol. The molecule has 0 fully saturated rings. The maximum absolute atomic E-state index is 13.4. The highest BCUT2D eigenvalue weighted by Gasteiger charge is 2.22. The van der Waals surface area contributed by atoms with Crippen molar-refractivity contribution in [1.82, 2.24) is 10.2 Å². The molecule has 0 unspecified atom stereocenters. The molecule has 0 saturated carbocycles. The maximum atomic E-state index is 13.4. The summed E-state index contributed by atoms with van der Waals surface area (Å²) in [7, 11) is -4.08. The number of aromatic nitrogens is 2. The number of anilines is 1. The normalized spacial score (nSPS) is 11.1. The minimum absolute atomic E-state index is 0.0787. The van der Waals surface area contributed by atoms with Crippen molar-refractivity contribution in [2.45, 2.75) is 18.2 Å². The highest BCUT2D eigenvalue weighted by Crippen LogP contribution is 2.23. The number of nitrogens with zero attached hydrogens (tertiary/aromatic N) is 3. The summed E-state index contributed by atoms with van der Waals surface area (Å²) in [5, 5.41) is 17.1. The lowest BCUT2D eigenvalue weighted by atomic mass is 10.2. The second kappa shape index (κ2) is 5.52. The molecule has 1 heterocycles. The molecule has 2 rings (SSSR count). The van der Waals surface area contributed by atoms with Gasteiger partial charge in [-0.05, 0) is 18.6 Å². The van der Waals surface area contributed by atoms with Crippen LogP contribution in [0.5, 0.6) is 0 Å². The fraction of sp³-hybridized carbons (Fsp3) is 0.182. The van der Waals surface area contributed by atoms with Gasteiger partial charge in [-0.15, -0.1) is 10.2 Å². The summed E-state index contributed by atoms with van der Waals surface area (Å²) in [6.45, 7) is 1.86. The minimum Gasteiger partial charge on any atom is -0.253 e. The molecule has 0 amide bonds. The molecule has 1 aromatic heterocycles. The number of hydrogen-bond donors (Lipinski definition) is 1. The lowest BCUT2D eigenvalue weighted by molar-refractivity contribution is 0.593. The van der Waals surface area contributed by atoms with Gasteiger partial charge in [-0.25, -0.2) is 12.8 Å². The first-order valence-corrected chi connectivity index (χ1v) is 7.81. The van der Waals surface area contributed by atoms with Gasteiger partial charge in [-0.2, -0.15) is 5.26 Å². The Morgan fingerprint density at radius 2 is 2.20 bits per heavy atom. The predicted octanol–water partition coefficient (Wildman–Crippen LogP) is 1.91. The van der Waals surface area contributed by atoms with Crippen LogP contribution in [0.25, 0.3) is 0 Å². The summed E-state index contributed by atoms with van der Waals surface area (Å²) in [5.74, 6) is -0.887. The van der Waals surface area contributed by atoms with Crippen LogP contribution in [-0.2, 0) is 16.4 Å². The molecular formula is C11H9FN4O2S2. The van der Waals surface area contributed by atoms with Crippen LogP contribution in [0.2, 0.25) is 0 Å². The van der Waals surface area contributed by atoms with E-state index in [2.05, 4.69) is 14.9 Å². The first kappa shape index (κ1) is 14.4. The number of benzene rings is 1. The number of rotatable bonds is 4. The third-order valence-corrected chi connectivity index (χ3v) is 4.86. The van der Waals surface area contributed by atoms with E-state index < -0.39 is 26.3 Å². The van der Waals surface area contributed by atoms with Gasteiger partial charge in [0.15, 0.2) is 0 Å². The summed E-state index contributed by atoms with van der Waals surface area (Å²) in [6, 6.07) is 4.95. The van der Waals surface area contributed by atoms with E-state index in [-0.39, 0.29) is 5.13 Å². The van der Waals surface area contributed by atoms with Crippen LogP contribution < -0.4 is 4.72 Å². The highest BCUT2D eigenvalue weighted by atomic mass is 32.2. The zero-order valence-corrected chi connectivity index (χ0v) is 11.9. The number of aryl methyl sites for hydroxylation is 1. The van der Waals surface area contributed by atoms with Crippen LogP contribution >= 0.6 is 11.3 Å². The molecular weight excluding hydrogens is 303 g/mol. The van der Waals surface area contributed by atoms with Crippen LogP contribution in [0.3, 0.4) is 0 Å². The molecule has 0 spiro atoms. The van der Waals surface area contributed by atoms with Gasteiger partial charge < -0.3 is 0 Å². The average molecular weight is 312 g/mol. The van der Waals surface area contributed by atoms with Gasteiger partial charge in [0.05, 0.1) is 0 Å². The molecule has 1 aromatic carbocycles. The molecule has 0 bridgehead atoms. The van der Waals surface area contributed by atoms with Crippen molar-refractivity contribution in [2.24, 2.45) is 0 Å². The van der Waals surface area contributed by atoms with Crippen LogP contribution in [0.4, 0.5) is 9.52 Å². The largest absolute Gasteiger partial charge is 0.265 e. The molecule has 0 saturated heterocycles. The number of halogens is 1. The fourth-order valence-corrected chi connectivity index (χ4v) is 3.52.